The molecule has 0 N–H and O–H groups in total. The van der Waals surface area contributed by atoms with E-state index < -0.39 is 54.6 Å². The highest BCUT2D eigenvalue weighted by atomic mass is 16.7. The highest BCUT2D eigenvalue weighted by Crippen LogP contribution is 2.40. The van der Waals surface area contributed by atoms with Gasteiger partial charge in [-0.2, -0.15) is 0 Å². The monoisotopic (exact) mass is 616 g/mol. The van der Waals surface area contributed by atoms with Gasteiger partial charge in [0.2, 0.25) is 0 Å². The van der Waals surface area contributed by atoms with Gasteiger partial charge in [0.1, 0.15) is 12.7 Å². The lowest BCUT2D eigenvalue weighted by atomic mass is 9.72. The fraction of sp³-hybridized carbons (Fsp3) is 0.588. The van der Waals surface area contributed by atoms with E-state index >= 15 is 0 Å². The van der Waals surface area contributed by atoms with Crippen molar-refractivity contribution >= 4 is 23.9 Å². The van der Waals surface area contributed by atoms with Crippen molar-refractivity contribution in [3.63, 3.8) is 0 Å². The second-order valence-electron chi connectivity index (χ2n) is 11.9. The lowest BCUT2D eigenvalue weighted by Gasteiger charge is -2.43. The summed E-state index contributed by atoms with van der Waals surface area (Å²) in [5, 5.41) is 0. The van der Waals surface area contributed by atoms with Gasteiger partial charge in [-0.1, -0.05) is 67.0 Å². The van der Waals surface area contributed by atoms with Crippen LogP contribution in [0.15, 0.2) is 58.7 Å². The number of carbonyl (C=O) groups is 4. The molecule has 10 nitrogen and oxygen atoms in total. The molecule has 244 valence electrons. The number of esters is 4. The third-order valence-corrected chi connectivity index (χ3v) is 7.39. The normalized spacial score (nSPS) is 26.1. The van der Waals surface area contributed by atoms with Crippen LogP contribution in [0.25, 0.3) is 0 Å². The molecule has 0 aromatic heterocycles. The van der Waals surface area contributed by atoms with Gasteiger partial charge in [-0.25, -0.2) is 0 Å². The maximum absolute atomic E-state index is 12.0. The minimum atomic E-state index is -1.27. The highest BCUT2D eigenvalue weighted by molar-refractivity contribution is 5.68. The number of allylic oxidation sites excluding steroid dienone is 9. The van der Waals surface area contributed by atoms with Crippen LogP contribution >= 0.6 is 0 Å². The average Bonchev–Trinajstić information content (AvgIpc) is 2.89. The van der Waals surface area contributed by atoms with Gasteiger partial charge in [0.25, 0.3) is 0 Å². The molecule has 1 fully saturated rings. The molecular weight excluding hydrogens is 568 g/mol. The van der Waals surface area contributed by atoms with Crippen molar-refractivity contribution in [1.29, 1.82) is 0 Å². The molecule has 10 heteroatoms. The maximum atomic E-state index is 12.0. The van der Waals surface area contributed by atoms with Gasteiger partial charge < -0.3 is 28.4 Å². The molecule has 0 radical (unpaired) electrons. The topological polar surface area (TPSA) is 124 Å². The van der Waals surface area contributed by atoms with Crippen LogP contribution < -0.4 is 0 Å². The van der Waals surface area contributed by atoms with Crippen molar-refractivity contribution in [3.05, 3.63) is 58.7 Å². The fourth-order valence-electron chi connectivity index (χ4n) is 5.30. The van der Waals surface area contributed by atoms with Gasteiger partial charge in [-0.3, -0.25) is 19.2 Å². The molecule has 0 saturated carbocycles. The summed E-state index contributed by atoms with van der Waals surface area (Å²) < 4.78 is 33.2. The number of rotatable bonds is 12. The summed E-state index contributed by atoms with van der Waals surface area (Å²) in [6.45, 7) is 15.2. The Morgan fingerprint density at radius 2 is 1.45 bits per heavy atom. The molecule has 2 rings (SSSR count). The molecule has 0 bridgehead atoms. The number of hydrogen-bond acceptors (Lipinski definition) is 10. The predicted molar refractivity (Wildman–Crippen MR) is 164 cm³/mol. The van der Waals surface area contributed by atoms with Crippen LogP contribution in [0.2, 0.25) is 0 Å². The van der Waals surface area contributed by atoms with Crippen molar-refractivity contribution in [2.24, 2.45) is 5.41 Å². The van der Waals surface area contributed by atoms with Gasteiger partial charge in [0.05, 0.1) is 6.61 Å². The van der Waals surface area contributed by atoms with Gasteiger partial charge >= 0.3 is 23.9 Å². The smallest absolute Gasteiger partial charge is 0.303 e. The van der Waals surface area contributed by atoms with Crippen LogP contribution in [-0.2, 0) is 47.6 Å². The number of hydrogen-bond donors (Lipinski definition) is 0. The van der Waals surface area contributed by atoms with Crippen LogP contribution in [-0.4, -0.2) is 67.8 Å². The van der Waals surface area contributed by atoms with Gasteiger partial charge in [-0.15, -0.1) is 0 Å². The van der Waals surface area contributed by atoms with Crippen molar-refractivity contribution in [2.45, 2.75) is 112 Å². The third kappa shape index (κ3) is 11.9. The summed E-state index contributed by atoms with van der Waals surface area (Å²) in [6.07, 6.45) is 9.62. The molecule has 2 aliphatic rings. The zero-order valence-electron chi connectivity index (χ0n) is 27.5. The summed E-state index contributed by atoms with van der Waals surface area (Å²) in [5.74, 6) is -2.67. The summed E-state index contributed by atoms with van der Waals surface area (Å²) in [7, 11) is 0. The zero-order valence-corrected chi connectivity index (χ0v) is 27.5. The lowest BCUT2D eigenvalue weighted by Crippen LogP contribution is -2.62. The lowest BCUT2D eigenvalue weighted by molar-refractivity contribution is -0.306. The predicted octanol–water partition coefficient (Wildman–Crippen LogP) is 5.62. The second-order valence-corrected chi connectivity index (χ2v) is 11.9. The zero-order chi connectivity index (χ0) is 33.0. The van der Waals surface area contributed by atoms with Crippen molar-refractivity contribution in [1.82, 2.24) is 0 Å². The molecule has 1 heterocycles. The molecule has 1 saturated heterocycles. The highest BCUT2D eigenvalue weighted by Gasteiger charge is 2.52. The van der Waals surface area contributed by atoms with Crippen LogP contribution in [0.3, 0.4) is 0 Å². The molecule has 1 aliphatic carbocycles. The van der Waals surface area contributed by atoms with E-state index in [1.165, 1.54) is 51.7 Å². The van der Waals surface area contributed by atoms with Gasteiger partial charge in [-0.05, 0) is 51.0 Å². The van der Waals surface area contributed by atoms with Crippen molar-refractivity contribution in [3.8, 4) is 0 Å². The molecule has 0 unspecified atom stereocenters. The fourth-order valence-corrected chi connectivity index (χ4v) is 5.30. The Hall–Kier alpha value is -3.50. The van der Waals surface area contributed by atoms with E-state index in [1.54, 1.807) is 0 Å². The average molecular weight is 617 g/mol. The summed E-state index contributed by atoms with van der Waals surface area (Å²) in [5.41, 5.74) is 5.07. The molecule has 0 aromatic rings. The SMILES string of the molecule is CC(=O)OC[C@H]1O[C@@H](OC/C=C(C)/C=C\C=C(C)\C=C\C2=C(C)CCCC2(C)C)[C@H](OC(C)=O)[C@@H](OC(C)=O)[C@@H]1OC(C)=O. The first-order valence-corrected chi connectivity index (χ1v) is 14.9. The summed E-state index contributed by atoms with van der Waals surface area (Å²) in [4.78, 5) is 47.3. The number of ether oxygens (including phenoxy) is 6. The third-order valence-electron chi connectivity index (χ3n) is 7.39. The Morgan fingerprint density at radius 3 is 2.05 bits per heavy atom. The first kappa shape index (κ1) is 36.7. The molecule has 44 heavy (non-hydrogen) atoms. The first-order chi connectivity index (χ1) is 20.6. The maximum Gasteiger partial charge on any atom is 0.303 e. The minimum absolute atomic E-state index is 0.0506. The van der Waals surface area contributed by atoms with E-state index in [-0.39, 0.29) is 18.6 Å². The van der Waals surface area contributed by atoms with Crippen molar-refractivity contribution in [2.75, 3.05) is 13.2 Å². The molecule has 5 atom stereocenters. The van der Waals surface area contributed by atoms with E-state index in [9.17, 15) is 19.2 Å². The quantitative estimate of drug-likeness (QED) is 0.155. The van der Waals surface area contributed by atoms with Crippen LogP contribution in [0.4, 0.5) is 0 Å². The van der Waals surface area contributed by atoms with Gasteiger partial charge in [0.15, 0.2) is 24.6 Å². The Labute approximate surface area is 261 Å². The van der Waals surface area contributed by atoms with E-state index in [2.05, 4.69) is 39.8 Å². The number of carbonyl (C=O) groups excluding carboxylic acids is 4. The second kappa shape index (κ2) is 17.1. The summed E-state index contributed by atoms with van der Waals surface area (Å²) >= 11 is 0. The van der Waals surface area contributed by atoms with Crippen LogP contribution in [0.1, 0.15) is 81.6 Å². The largest absolute Gasteiger partial charge is 0.463 e. The standard InChI is InChI=1S/C34H48O10/c1-21(15-16-28-23(3)14-11-18-34(28,8)9)12-10-13-22(2)17-19-39-33-32(43-27(7)38)31(42-26(6)37)30(41-25(5)36)29(44-33)20-40-24(4)35/h10,12-13,15-17,29-33H,11,14,18-20H2,1-9H3/b13-10-,16-15+,21-12+,22-17+/t29-,30-,31+,32-,33-/m1/s1. The molecule has 0 amide bonds. The Balaban J connectivity index is 2.17. The van der Waals surface area contributed by atoms with Crippen LogP contribution in [0, 0.1) is 5.41 Å². The van der Waals surface area contributed by atoms with Crippen LogP contribution in [0.5, 0.6) is 0 Å². The first-order valence-electron chi connectivity index (χ1n) is 14.9. The van der Waals surface area contributed by atoms with Crippen molar-refractivity contribution < 1.29 is 47.6 Å². The Kier molecular flexibility index (Phi) is 14.3. The van der Waals surface area contributed by atoms with E-state index in [0.717, 1.165) is 17.6 Å². The molecular formula is C34H48O10. The molecule has 0 aromatic carbocycles. The summed E-state index contributed by atoms with van der Waals surface area (Å²) in [6, 6.07) is 0. The van der Waals surface area contributed by atoms with E-state index in [0.29, 0.717) is 0 Å². The minimum Gasteiger partial charge on any atom is -0.463 e. The molecule has 1 aliphatic heterocycles. The van der Waals surface area contributed by atoms with Gasteiger partial charge in [0, 0.05) is 27.7 Å². The Morgan fingerprint density at radius 1 is 0.841 bits per heavy atom. The van der Waals surface area contributed by atoms with E-state index in [4.69, 9.17) is 28.4 Å². The van der Waals surface area contributed by atoms with E-state index in [1.807, 2.05) is 31.2 Å². The molecule has 0 spiro atoms. The Bertz CT molecular complexity index is 1200.